The lowest BCUT2D eigenvalue weighted by molar-refractivity contribution is 0.0115. The van der Waals surface area contributed by atoms with Gasteiger partial charge in [-0.15, -0.1) is 11.8 Å². The molecule has 1 aliphatic rings. The van der Waals surface area contributed by atoms with Gasteiger partial charge in [0, 0.05) is 5.56 Å². The molecule has 9 heteroatoms. The Labute approximate surface area is 147 Å². The van der Waals surface area contributed by atoms with E-state index in [0.717, 1.165) is 5.56 Å². The van der Waals surface area contributed by atoms with E-state index in [1.165, 1.54) is 18.1 Å². The maximum Gasteiger partial charge on any atom is 0.166 e. The van der Waals surface area contributed by atoms with Crippen molar-refractivity contribution < 1.29 is 15.3 Å². The molecule has 130 valence electrons. The third kappa shape index (κ3) is 2.56. The highest BCUT2D eigenvalue weighted by atomic mass is 32.2. The first-order valence-electron chi connectivity index (χ1n) is 7.78. The number of nitrogen functional groups attached to an aromatic ring is 1. The molecular weight excluding hydrogens is 342 g/mol. The number of aliphatic hydroxyl groups excluding tert-OH is 3. The molecule has 1 aliphatic heterocycles. The van der Waals surface area contributed by atoms with Crippen LogP contribution in [0.25, 0.3) is 22.6 Å². The monoisotopic (exact) mass is 359 g/mol. The predicted octanol–water partition coefficient (Wildman–Crippen LogP) is 0.404. The molecule has 4 atom stereocenters. The summed E-state index contributed by atoms with van der Waals surface area (Å²) in [6.45, 7) is -0.232. The molecule has 0 radical (unpaired) electrons. The Bertz CT molecular complexity index is 903. The molecular formula is C16H17N5O3S. The number of aromatic nitrogens is 4. The maximum atomic E-state index is 10.5. The zero-order valence-corrected chi connectivity index (χ0v) is 13.9. The molecule has 0 amide bonds. The summed E-state index contributed by atoms with van der Waals surface area (Å²) in [5.74, 6) is 0.822. The number of nitrogens with two attached hydrogens (primary N) is 1. The van der Waals surface area contributed by atoms with Gasteiger partial charge < -0.3 is 21.1 Å². The average molecular weight is 359 g/mol. The summed E-state index contributed by atoms with van der Waals surface area (Å²) in [6.07, 6.45) is -0.769. The second-order valence-electron chi connectivity index (χ2n) is 5.83. The molecule has 25 heavy (non-hydrogen) atoms. The first-order valence-corrected chi connectivity index (χ1v) is 8.72. The van der Waals surface area contributed by atoms with Crippen LogP contribution in [0.15, 0.2) is 36.7 Å². The van der Waals surface area contributed by atoms with Gasteiger partial charge in [0.2, 0.25) is 0 Å². The van der Waals surface area contributed by atoms with E-state index in [-0.39, 0.29) is 12.4 Å². The van der Waals surface area contributed by atoms with E-state index in [1.54, 1.807) is 4.57 Å². The number of nitrogens with zero attached hydrogens (tertiary/aromatic N) is 4. The largest absolute Gasteiger partial charge is 0.395 e. The Kier molecular flexibility index (Phi) is 4.08. The molecule has 1 aromatic carbocycles. The van der Waals surface area contributed by atoms with Gasteiger partial charge in [0.05, 0.1) is 18.0 Å². The number of hydrogen-bond donors (Lipinski definition) is 4. The highest BCUT2D eigenvalue weighted by molar-refractivity contribution is 8.00. The summed E-state index contributed by atoms with van der Waals surface area (Å²) < 4.78 is 1.76. The van der Waals surface area contributed by atoms with Crippen molar-refractivity contribution in [2.45, 2.75) is 22.8 Å². The third-order valence-corrected chi connectivity index (χ3v) is 5.85. The van der Waals surface area contributed by atoms with Gasteiger partial charge >= 0.3 is 0 Å². The normalized spacial score (nSPS) is 26.4. The number of anilines is 1. The molecule has 0 unspecified atom stereocenters. The van der Waals surface area contributed by atoms with Gasteiger partial charge in [-0.1, -0.05) is 30.3 Å². The molecule has 8 nitrogen and oxygen atoms in total. The van der Waals surface area contributed by atoms with Crippen LogP contribution in [-0.2, 0) is 0 Å². The second kappa shape index (κ2) is 6.26. The van der Waals surface area contributed by atoms with Gasteiger partial charge in [-0.3, -0.25) is 4.57 Å². The predicted molar refractivity (Wildman–Crippen MR) is 94.7 cm³/mol. The van der Waals surface area contributed by atoms with Crippen molar-refractivity contribution in [3.05, 3.63) is 36.7 Å². The van der Waals surface area contributed by atoms with Crippen LogP contribution >= 0.6 is 11.8 Å². The van der Waals surface area contributed by atoms with E-state index in [2.05, 4.69) is 15.0 Å². The summed E-state index contributed by atoms with van der Waals surface area (Å²) in [7, 11) is 0. The maximum absolute atomic E-state index is 10.5. The Morgan fingerprint density at radius 1 is 1.12 bits per heavy atom. The molecule has 3 heterocycles. The number of hydrogen-bond acceptors (Lipinski definition) is 8. The Balaban J connectivity index is 1.94. The molecule has 2 aromatic heterocycles. The van der Waals surface area contributed by atoms with Crippen LogP contribution in [0.5, 0.6) is 0 Å². The summed E-state index contributed by atoms with van der Waals surface area (Å²) in [5, 5.41) is 29.1. The fourth-order valence-electron chi connectivity index (χ4n) is 3.05. The second-order valence-corrected chi connectivity index (χ2v) is 7.19. The van der Waals surface area contributed by atoms with Crippen molar-refractivity contribution in [2.75, 3.05) is 12.3 Å². The Hall–Kier alpha value is -2.20. The summed E-state index contributed by atoms with van der Waals surface area (Å²) in [5.41, 5.74) is 7.69. The highest BCUT2D eigenvalue weighted by Crippen LogP contribution is 2.45. The van der Waals surface area contributed by atoms with Gasteiger partial charge in [-0.2, -0.15) is 0 Å². The summed E-state index contributed by atoms with van der Waals surface area (Å²) in [6, 6.07) is 9.46. The first-order chi connectivity index (χ1) is 12.1. The van der Waals surface area contributed by atoms with E-state index < -0.39 is 22.8 Å². The molecule has 3 aromatic rings. The average Bonchev–Trinajstić information content (AvgIpc) is 3.15. The van der Waals surface area contributed by atoms with Crippen LogP contribution in [0.1, 0.15) is 5.37 Å². The lowest BCUT2D eigenvalue weighted by Crippen LogP contribution is -2.33. The topological polar surface area (TPSA) is 130 Å². The number of benzene rings is 1. The minimum Gasteiger partial charge on any atom is -0.395 e. The zero-order chi connectivity index (χ0) is 17.6. The van der Waals surface area contributed by atoms with Gasteiger partial charge in [-0.05, 0) is 0 Å². The number of imidazole rings is 1. The standard InChI is InChI=1S/C16H17N5O3S/c17-13-10-15(19-7-18-13)21(14(20-10)8-4-2-1-3-5-8)16-12(24)11(23)9(6-22)25-16/h1-5,7,9,11-12,16,22-24H,6H2,(H2,17,18,19)/t9-,11-,12-,16-/m1/s1. The molecule has 4 rings (SSSR count). The fourth-order valence-corrected chi connectivity index (χ4v) is 4.46. The van der Waals surface area contributed by atoms with Crippen LogP contribution < -0.4 is 5.73 Å². The van der Waals surface area contributed by atoms with Gasteiger partial charge in [0.15, 0.2) is 17.0 Å². The molecule has 1 fully saturated rings. The van der Waals surface area contributed by atoms with Crippen molar-refractivity contribution in [3.8, 4) is 11.4 Å². The van der Waals surface area contributed by atoms with Crippen LogP contribution in [0, 0.1) is 0 Å². The lowest BCUT2D eigenvalue weighted by Gasteiger charge is -2.19. The van der Waals surface area contributed by atoms with Crippen LogP contribution in [0.4, 0.5) is 5.82 Å². The van der Waals surface area contributed by atoms with E-state index in [1.807, 2.05) is 30.3 Å². The van der Waals surface area contributed by atoms with Crippen LogP contribution in [0.2, 0.25) is 0 Å². The van der Waals surface area contributed by atoms with E-state index in [4.69, 9.17) is 5.73 Å². The van der Waals surface area contributed by atoms with Gasteiger partial charge in [-0.25, -0.2) is 15.0 Å². The molecule has 1 saturated heterocycles. The van der Waals surface area contributed by atoms with Crippen molar-refractivity contribution in [3.63, 3.8) is 0 Å². The minimum absolute atomic E-state index is 0.232. The fraction of sp³-hybridized carbons (Fsp3) is 0.312. The van der Waals surface area contributed by atoms with Crippen molar-refractivity contribution >= 4 is 28.7 Å². The minimum atomic E-state index is -1.07. The first kappa shape index (κ1) is 16.3. The van der Waals surface area contributed by atoms with E-state index in [9.17, 15) is 15.3 Å². The lowest BCUT2D eigenvalue weighted by atomic mass is 10.1. The number of fused-ring (bicyclic) bond motifs is 1. The number of aliphatic hydroxyl groups is 3. The molecule has 0 bridgehead atoms. The van der Waals surface area contributed by atoms with Gasteiger partial charge in [0.25, 0.3) is 0 Å². The molecule has 0 spiro atoms. The summed E-state index contributed by atoms with van der Waals surface area (Å²) in [4.78, 5) is 12.8. The van der Waals surface area contributed by atoms with Crippen molar-refractivity contribution in [1.29, 1.82) is 0 Å². The number of thioether (sulfide) groups is 1. The quantitative estimate of drug-likeness (QED) is 0.529. The van der Waals surface area contributed by atoms with Crippen LogP contribution in [-0.4, -0.2) is 58.9 Å². The number of rotatable bonds is 3. The van der Waals surface area contributed by atoms with Crippen molar-refractivity contribution in [1.82, 2.24) is 19.5 Å². The van der Waals surface area contributed by atoms with E-state index >= 15 is 0 Å². The SMILES string of the molecule is Nc1ncnc2c1nc(-c1ccccc1)n2[C@@H]1S[C@H](CO)[C@@H](O)[C@H]1O. The van der Waals surface area contributed by atoms with Gasteiger partial charge in [0.1, 0.15) is 23.6 Å². The molecule has 0 saturated carbocycles. The van der Waals surface area contributed by atoms with Crippen LogP contribution in [0.3, 0.4) is 0 Å². The van der Waals surface area contributed by atoms with E-state index in [0.29, 0.717) is 17.0 Å². The Morgan fingerprint density at radius 3 is 2.56 bits per heavy atom. The molecule has 0 aliphatic carbocycles. The summed E-state index contributed by atoms with van der Waals surface area (Å²) >= 11 is 1.29. The highest BCUT2D eigenvalue weighted by Gasteiger charge is 2.44. The third-order valence-electron chi connectivity index (χ3n) is 4.31. The smallest absolute Gasteiger partial charge is 0.166 e. The zero-order valence-electron chi connectivity index (χ0n) is 13.1. The Morgan fingerprint density at radius 2 is 1.88 bits per heavy atom. The molecule has 5 N–H and O–H groups in total. The van der Waals surface area contributed by atoms with Crippen molar-refractivity contribution in [2.24, 2.45) is 0 Å².